The standard InChI is InChI=1S/C29H31N5O/c1-33-15-17-34(18-16-33)29(35)24-10-6-9-23-27(22-8-3-5-12-26(22)32-28(23)24)30-14-13-20-19-31-25-11-4-2-7-21(20)25/h2-12,19,23,27,30-31H,13-18H2,1H3. The van der Waals surface area contributed by atoms with E-state index in [-0.39, 0.29) is 17.9 Å². The van der Waals surface area contributed by atoms with Crippen LogP contribution >= 0.6 is 0 Å². The maximum atomic E-state index is 13.5. The molecule has 1 fully saturated rings. The smallest absolute Gasteiger partial charge is 0.255 e. The molecule has 0 radical (unpaired) electrons. The molecule has 1 aromatic heterocycles. The van der Waals surface area contributed by atoms with E-state index in [1.54, 1.807) is 0 Å². The van der Waals surface area contributed by atoms with Gasteiger partial charge in [-0.15, -0.1) is 0 Å². The normalized spacial score (nSPS) is 21.9. The number of allylic oxidation sites excluding steroid dienone is 2. The Kier molecular flexibility index (Phi) is 5.84. The number of amides is 1. The molecule has 2 aromatic carbocycles. The van der Waals surface area contributed by atoms with Gasteiger partial charge in [-0.25, -0.2) is 0 Å². The van der Waals surface area contributed by atoms with Crippen molar-refractivity contribution in [1.82, 2.24) is 20.1 Å². The van der Waals surface area contributed by atoms with Crippen LogP contribution in [0, 0.1) is 5.92 Å². The van der Waals surface area contributed by atoms with Gasteiger partial charge in [-0.3, -0.25) is 9.79 Å². The van der Waals surface area contributed by atoms with Crippen molar-refractivity contribution in [2.75, 3.05) is 39.8 Å². The SMILES string of the molecule is CN1CCN(C(=O)C2=CC=CC3C2=Nc2ccccc2C3NCCc2c[nH]c3ccccc23)CC1. The molecule has 2 unspecified atom stereocenters. The fraction of sp³-hybridized carbons (Fsp3) is 0.310. The molecular weight excluding hydrogens is 434 g/mol. The second kappa shape index (κ2) is 9.29. The Hall–Kier alpha value is -3.48. The highest BCUT2D eigenvalue weighted by molar-refractivity contribution is 6.24. The number of rotatable bonds is 5. The van der Waals surface area contributed by atoms with Gasteiger partial charge in [0.25, 0.3) is 5.91 Å². The number of carbonyl (C=O) groups excluding carboxylic acids is 1. The number of piperazine rings is 1. The Balaban J connectivity index is 1.24. The van der Waals surface area contributed by atoms with Gasteiger partial charge in [0.1, 0.15) is 0 Å². The molecular formula is C29H31N5O. The van der Waals surface area contributed by atoms with Gasteiger partial charge in [-0.2, -0.15) is 0 Å². The molecule has 1 saturated heterocycles. The number of nitrogens with zero attached hydrogens (tertiary/aromatic N) is 3. The fourth-order valence-corrected chi connectivity index (χ4v) is 5.51. The van der Waals surface area contributed by atoms with Gasteiger partial charge in [0.2, 0.25) is 0 Å². The van der Waals surface area contributed by atoms with Crippen LogP contribution in [0.1, 0.15) is 17.2 Å². The van der Waals surface area contributed by atoms with Gasteiger partial charge in [-0.1, -0.05) is 48.6 Å². The summed E-state index contributed by atoms with van der Waals surface area (Å²) < 4.78 is 0. The summed E-state index contributed by atoms with van der Waals surface area (Å²) in [7, 11) is 2.11. The molecule has 0 bridgehead atoms. The lowest BCUT2D eigenvalue weighted by molar-refractivity contribution is -0.128. The summed E-state index contributed by atoms with van der Waals surface area (Å²) in [6.07, 6.45) is 9.22. The van der Waals surface area contributed by atoms with E-state index in [1.807, 2.05) is 23.1 Å². The number of aromatic amines is 1. The predicted molar refractivity (Wildman–Crippen MR) is 141 cm³/mol. The lowest BCUT2D eigenvalue weighted by atomic mass is 9.79. The van der Waals surface area contributed by atoms with E-state index >= 15 is 0 Å². The van der Waals surface area contributed by atoms with Crippen LogP contribution < -0.4 is 5.32 Å². The lowest BCUT2D eigenvalue weighted by Gasteiger charge is -2.37. The monoisotopic (exact) mass is 465 g/mol. The predicted octanol–water partition coefficient (Wildman–Crippen LogP) is 4.01. The first kappa shape index (κ1) is 22.0. The molecule has 3 aliphatic rings. The maximum Gasteiger partial charge on any atom is 0.255 e. The van der Waals surface area contributed by atoms with Crippen LogP contribution in [-0.4, -0.2) is 66.2 Å². The highest BCUT2D eigenvalue weighted by Gasteiger charge is 2.37. The first-order valence-electron chi connectivity index (χ1n) is 12.5. The molecule has 2 N–H and O–H groups in total. The summed E-state index contributed by atoms with van der Waals surface area (Å²) in [5.74, 6) is 0.132. The summed E-state index contributed by atoms with van der Waals surface area (Å²) in [6.45, 7) is 4.18. The van der Waals surface area contributed by atoms with Crippen molar-refractivity contribution in [3.63, 3.8) is 0 Å². The zero-order valence-electron chi connectivity index (χ0n) is 20.1. The minimum atomic E-state index is 0.0317. The van der Waals surface area contributed by atoms with Gasteiger partial charge >= 0.3 is 0 Å². The largest absolute Gasteiger partial charge is 0.361 e. The number of aliphatic imine (C=N–C) groups is 1. The number of nitrogens with one attached hydrogen (secondary N) is 2. The molecule has 6 heteroatoms. The van der Waals surface area contributed by atoms with E-state index < -0.39 is 0 Å². The maximum absolute atomic E-state index is 13.5. The molecule has 3 heterocycles. The Labute approximate surface area is 206 Å². The first-order chi connectivity index (χ1) is 17.2. The number of hydrogen-bond acceptors (Lipinski definition) is 4. The quantitative estimate of drug-likeness (QED) is 0.598. The van der Waals surface area contributed by atoms with E-state index in [2.05, 4.69) is 77.0 Å². The molecule has 35 heavy (non-hydrogen) atoms. The Bertz CT molecular complexity index is 1340. The number of aromatic nitrogens is 1. The molecule has 3 aromatic rings. The number of likely N-dealkylation sites (N-methyl/N-ethyl adjacent to an activating group) is 1. The minimum absolute atomic E-state index is 0.0317. The third-order valence-electron chi connectivity index (χ3n) is 7.50. The summed E-state index contributed by atoms with van der Waals surface area (Å²) >= 11 is 0. The summed E-state index contributed by atoms with van der Waals surface area (Å²) in [4.78, 5) is 26.2. The zero-order valence-corrected chi connectivity index (χ0v) is 20.1. The van der Waals surface area contributed by atoms with Crippen molar-refractivity contribution < 1.29 is 4.79 Å². The average molecular weight is 466 g/mol. The second-order valence-corrected chi connectivity index (χ2v) is 9.68. The van der Waals surface area contributed by atoms with Gasteiger partial charge in [0, 0.05) is 55.2 Å². The number of hydrogen-bond donors (Lipinski definition) is 2. The van der Waals surface area contributed by atoms with Crippen molar-refractivity contribution in [2.24, 2.45) is 10.9 Å². The molecule has 0 saturated carbocycles. The molecule has 6 rings (SSSR count). The van der Waals surface area contributed by atoms with Crippen molar-refractivity contribution in [1.29, 1.82) is 0 Å². The Morgan fingerprint density at radius 2 is 1.89 bits per heavy atom. The minimum Gasteiger partial charge on any atom is -0.361 e. The molecule has 1 aliphatic carbocycles. The highest BCUT2D eigenvalue weighted by atomic mass is 16.2. The van der Waals surface area contributed by atoms with Crippen molar-refractivity contribution in [3.05, 3.63) is 89.7 Å². The molecule has 178 valence electrons. The zero-order chi connectivity index (χ0) is 23.8. The van der Waals surface area contributed by atoms with Crippen LogP contribution in [0.5, 0.6) is 0 Å². The molecule has 1 amide bonds. The Morgan fingerprint density at radius 3 is 2.77 bits per heavy atom. The van der Waals surface area contributed by atoms with E-state index in [1.165, 1.54) is 22.0 Å². The third kappa shape index (κ3) is 4.13. The molecule has 6 nitrogen and oxygen atoms in total. The topological polar surface area (TPSA) is 63.7 Å². The van der Waals surface area contributed by atoms with E-state index in [0.717, 1.165) is 56.1 Å². The van der Waals surface area contributed by atoms with Gasteiger partial charge in [0.05, 0.1) is 17.0 Å². The molecule has 2 atom stereocenters. The summed E-state index contributed by atoms with van der Waals surface area (Å²) in [5, 5.41) is 5.10. The van der Waals surface area contributed by atoms with E-state index in [4.69, 9.17) is 4.99 Å². The highest BCUT2D eigenvalue weighted by Crippen LogP contribution is 2.40. The number of benzene rings is 2. The lowest BCUT2D eigenvalue weighted by Crippen LogP contribution is -2.49. The third-order valence-corrected chi connectivity index (χ3v) is 7.50. The molecule has 2 aliphatic heterocycles. The average Bonchev–Trinajstić information content (AvgIpc) is 3.31. The van der Waals surface area contributed by atoms with Crippen LogP contribution in [0.2, 0.25) is 0 Å². The second-order valence-electron chi connectivity index (χ2n) is 9.68. The van der Waals surface area contributed by atoms with Crippen molar-refractivity contribution in [2.45, 2.75) is 12.5 Å². The van der Waals surface area contributed by atoms with Gasteiger partial charge in [-0.05, 0) is 49.3 Å². The molecule has 0 spiro atoms. The van der Waals surface area contributed by atoms with Crippen LogP contribution in [0.3, 0.4) is 0 Å². The van der Waals surface area contributed by atoms with Crippen LogP contribution in [0.15, 0.2) is 83.5 Å². The van der Waals surface area contributed by atoms with E-state index in [0.29, 0.717) is 0 Å². The van der Waals surface area contributed by atoms with Crippen LogP contribution in [-0.2, 0) is 11.2 Å². The van der Waals surface area contributed by atoms with Gasteiger partial charge in [0.15, 0.2) is 0 Å². The first-order valence-corrected chi connectivity index (χ1v) is 12.5. The fourth-order valence-electron chi connectivity index (χ4n) is 5.51. The van der Waals surface area contributed by atoms with Crippen LogP contribution in [0.25, 0.3) is 10.9 Å². The number of carbonyl (C=O) groups is 1. The Morgan fingerprint density at radius 1 is 1.09 bits per heavy atom. The summed E-state index contributed by atoms with van der Waals surface area (Å²) in [6, 6.07) is 16.8. The van der Waals surface area contributed by atoms with Gasteiger partial charge < -0.3 is 20.1 Å². The van der Waals surface area contributed by atoms with Crippen molar-refractivity contribution >= 4 is 28.2 Å². The number of H-pyrrole nitrogens is 1. The number of para-hydroxylation sites is 2. The van der Waals surface area contributed by atoms with E-state index in [9.17, 15) is 4.79 Å². The number of fused-ring (bicyclic) bond motifs is 3. The van der Waals surface area contributed by atoms with Crippen LogP contribution in [0.4, 0.5) is 5.69 Å². The van der Waals surface area contributed by atoms with Crippen molar-refractivity contribution in [3.8, 4) is 0 Å². The summed E-state index contributed by atoms with van der Waals surface area (Å²) in [5.41, 5.74) is 6.26.